The number of oxazole rings is 1. The van der Waals surface area contributed by atoms with E-state index in [1.54, 1.807) is 13.0 Å². The number of anilines is 1. The number of hydrogen-bond donors (Lipinski definition) is 2. The van der Waals surface area contributed by atoms with Gasteiger partial charge in [-0.25, -0.2) is 19.3 Å². The predicted molar refractivity (Wildman–Crippen MR) is 107 cm³/mol. The number of nitrogens with two attached hydrogens (primary N) is 1. The van der Waals surface area contributed by atoms with Gasteiger partial charge in [0.15, 0.2) is 23.0 Å². The summed E-state index contributed by atoms with van der Waals surface area (Å²) in [7, 11) is 0. The van der Waals surface area contributed by atoms with Crippen molar-refractivity contribution in [2.24, 2.45) is 11.7 Å². The Bertz CT molecular complexity index is 1070. The maximum atomic E-state index is 14.5. The lowest BCUT2D eigenvalue weighted by molar-refractivity contribution is 0.0996. The number of nitrogens with one attached hydrogen (secondary N) is 1. The summed E-state index contributed by atoms with van der Waals surface area (Å²) < 4.78 is 20.0. The quantitative estimate of drug-likeness (QED) is 0.655. The summed E-state index contributed by atoms with van der Waals surface area (Å²) in [4.78, 5) is 26.8. The molecule has 0 spiro atoms. The van der Waals surface area contributed by atoms with Crippen molar-refractivity contribution in [3.05, 3.63) is 35.7 Å². The number of fused-ring (bicyclic) bond motifs is 1. The highest BCUT2D eigenvalue weighted by Crippen LogP contribution is 2.30. The summed E-state index contributed by atoms with van der Waals surface area (Å²) in [6, 6.07) is 3.31. The minimum absolute atomic E-state index is 0.0118. The third-order valence-corrected chi connectivity index (χ3v) is 4.92. The molecule has 3 aromatic rings. The number of nitrogens with zero attached hydrogens (tertiary/aromatic N) is 4. The molecule has 1 aromatic carbocycles. The number of aryl methyl sites for hydroxylation is 1. The molecular formula is C20H23FN6O2. The van der Waals surface area contributed by atoms with Gasteiger partial charge in [0.25, 0.3) is 5.91 Å². The Hall–Kier alpha value is -3.07. The van der Waals surface area contributed by atoms with E-state index in [0.717, 1.165) is 19.6 Å². The van der Waals surface area contributed by atoms with Gasteiger partial charge in [0.05, 0.1) is 6.20 Å². The Kier molecular flexibility index (Phi) is 4.91. The molecule has 0 radical (unpaired) electrons. The maximum Gasteiger partial charge on any atom is 0.269 e. The van der Waals surface area contributed by atoms with Crippen molar-refractivity contribution >= 4 is 22.8 Å². The average Bonchev–Trinajstić information content (AvgIpc) is 3.00. The van der Waals surface area contributed by atoms with E-state index in [1.165, 1.54) is 12.3 Å². The van der Waals surface area contributed by atoms with Crippen LogP contribution in [0, 0.1) is 18.7 Å². The van der Waals surface area contributed by atoms with Crippen LogP contribution < -0.4 is 16.0 Å². The van der Waals surface area contributed by atoms with Gasteiger partial charge in [-0.3, -0.25) is 4.79 Å². The van der Waals surface area contributed by atoms with Gasteiger partial charge in [-0.05, 0) is 12.1 Å². The van der Waals surface area contributed by atoms with Crippen LogP contribution >= 0.6 is 0 Å². The van der Waals surface area contributed by atoms with E-state index in [1.807, 2.05) is 0 Å². The fraction of sp³-hybridized carbons (Fsp3) is 0.400. The second-order valence-corrected chi connectivity index (χ2v) is 7.66. The monoisotopic (exact) mass is 398 g/mol. The minimum atomic E-state index is -0.726. The lowest BCUT2D eigenvalue weighted by Gasteiger charge is -2.40. The van der Waals surface area contributed by atoms with E-state index in [2.05, 4.69) is 39.0 Å². The number of primary amides is 1. The molecule has 1 aliphatic rings. The second kappa shape index (κ2) is 7.40. The maximum absolute atomic E-state index is 14.5. The number of carbonyl (C=O) groups is 1. The molecule has 3 heterocycles. The fourth-order valence-corrected chi connectivity index (χ4v) is 3.44. The molecule has 0 saturated carbocycles. The molecule has 1 fully saturated rings. The molecule has 0 bridgehead atoms. The van der Waals surface area contributed by atoms with E-state index in [0.29, 0.717) is 29.2 Å². The van der Waals surface area contributed by atoms with Gasteiger partial charge in [-0.15, -0.1) is 0 Å². The molecule has 0 unspecified atom stereocenters. The van der Waals surface area contributed by atoms with Crippen molar-refractivity contribution in [3.63, 3.8) is 0 Å². The SMILES string of the molecule is Cc1nc2c(F)cc(-c3nc(N4CC(CNC(C)C)C4)cnc3C(N)=O)cc2o1. The van der Waals surface area contributed by atoms with Crippen molar-refractivity contribution in [2.45, 2.75) is 26.8 Å². The predicted octanol–water partition coefficient (Wildman–Crippen LogP) is 2.27. The lowest BCUT2D eigenvalue weighted by Crippen LogP contribution is -2.52. The van der Waals surface area contributed by atoms with Crippen LogP contribution in [0.4, 0.5) is 10.2 Å². The molecule has 2 aromatic heterocycles. The van der Waals surface area contributed by atoms with E-state index >= 15 is 0 Å². The van der Waals surface area contributed by atoms with Gasteiger partial charge in [0.2, 0.25) is 0 Å². The number of hydrogen-bond acceptors (Lipinski definition) is 7. The summed E-state index contributed by atoms with van der Waals surface area (Å²) in [6.07, 6.45) is 1.53. The molecule has 29 heavy (non-hydrogen) atoms. The number of rotatable bonds is 6. The number of amides is 1. The minimum Gasteiger partial charge on any atom is -0.441 e. The Morgan fingerprint density at radius 3 is 2.83 bits per heavy atom. The van der Waals surface area contributed by atoms with Crippen LogP contribution in [0.1, 0.15) is 30.2 Å². The summed E-state index contributed by atoms with van der Waals surface area (Å²) in [5, 5.41) is 3.42. The van der Waals surface area contributed by atoms with E-state index in [9.17, 15) is 9.18 Å². The number of aromatic nitrogens is 3. The molecule has 1 amide bonds. The first kappa shape index (κ1) is 19.3. The molecule has 4 rings (SSSR count). The van der Waals surface area contributed by atoms with Crippen LogP contribution in [-0.4, -0.2) is 46.5 Å². The molecule has 152 valence electrons. The highest BCUT2D eigenvalue weighted by Gasteiger charge is 2.29. The molecule has 1 saturated heterocycles. The van der Waals surface area contributed by atoms with E-state index in [4.69, 9.17) is 10.2 Å². The van der Waals surface area contributed by atoms with Gasteiger partial charge in [0.1, 0.15) is 17.0 Å². The largest absolute Gasteiger partial charge is 0.441 e. The highest BCUT2D eigenvalue weighted by molar-refractivity contribution is 5.97. The fourth-order valence-electron chi connectivity index (χ4n) is 3.44. The summed E-state index contributed by atoms with van der Waals surface area (Å²) in [6.45, 7) is 8.46. The van der Waals surface area contributed by atoms with Crippen LogP contribution in [0.5, 0.6) is 0 Å². The zero-order valence-electron chi connectivity index (χ0n) is 16.6. The van der Waals surface area contributed by atoms with Gasteiger partial charge in [-0.1, -0.05) is 13.8 Å². The average molecular weight is 398 g/mol. The number of carbonyl (C=O) groups excluding carboxylic acids is 1. The summed E-state index contributed by atoms with van der Waals surface area (Å²) in [5.41, 5.74) is 6.48. The van der Waals surface area contributed by atoms with Crippen LogP contribution in [0.25, 0.3) is 22.4 Å². The van der Waals surface area contributed by atoms with Crippen LogP contribution in [0.2, 0.25) is 0 Å². The molecule has 1 aliphatic heterocycles. The number of halogens is 1. The Balaban J connectivity index is 1.66. The first-order chi connectivity index (χ1) is 13.8. The van der Waals surface area contributed by atoms with Gasteiger partial charge in [-0.2, -0.15) is 0 Å². The molecule has 8 nitrogen and oxygen atoms in total. The van der Waals surface area contributed by atoms with Crippen molar-refractivity contribution in [3.8, 4) is 11.3 Å². The molecule has 3 N–H and O–H groups in total. The smallest absolute Gasteiger partial charge is 0.269 e. The zero-order valence-corrected chi connectivity index (χ0v) is 16.6. The Morgan fingerprint density at radius 2 is 2.14 bits per heavy atom. The summed E-state index contributed by atoms with van der Waals surface area (Å²) in [5.74, 6) is 0.216. The first-order valence-electron chi connectivity index (χ1n) is 9.54. The lowest BCUT2D eigenvalue weighted by atomic mass is 10.00. The molecule has 0 atom stereocenters. The zero-order chi connectivity index (χ0) is 20.7. The Morgan fingerprint density at radius 1 is 1.38 bits per heavy atom. The van der Waals surface area contributed by atoms with Crippen LogP contribution in [0.3, 0.4) is 0 Å². The van der Waals surface area contributed by atoms with Crippen molar-refractivity contribution in [2.75, 3.05) is 24.5 Å². The van der Waals surface area contributed by atoms with Crippen LogP contribution in [-0.2, 0) is 0 Å². The van der Waals surface area contributed by atoms with E-state index < -0.39 is 11.7 Å². The highest BCUT2D eigenvalue weighted by atomic mass is 19.1. The van der Waals surface area contributed by atoms with Crippen LogP contribution in [0.15, 0.2) is 22.7 Å². The van der Waals surface area contributed by atoms with Crippen molar-refractivity contribution in [1.82, 2.24) is 20.3 Å². The van der Waals surface area contributed by atoms with Gasteiger partial charge in [0, 0.05) is 44.1 Å². The van der Waals surface area contributed by atoms with Crippen molar-refractivity contribution in [1.29, 1.82) is 0 Å². The normalized spacial score (nSPS) is 14.6. The molecule has 0 aliphatic carbocycles. The Labute approximate surface area is 167 Å². The molecule has 9 heteroatoms. The first-order valence-corrected chi connectivity index (χ1v) is 9.54. The topological polar surface area (TPSA) is 110 Å². The third kappa shape index (κ3) is 3.77. The van der Waals surface area contributed by atoms with Gasteiger partial charge < -0.3 is 20.4 Å². The van der Waals surface area contributed by atoms with Gasteiger partial charge >= 0.3 is 0 Å². The third-order valence-electron chi connectivity index (χ3n) is 4.92. The number of benzene rings is 1. The van der Waals surface area contributed by atoms with Crippen molar-refractivity contribution < 1.29 is 13.6 Å². The standard InChI is InChI=1S/C20H23FN6O2/c1-10(2)23-6-12-8-27(9-12)16-7-24-19(20(22)28)17(26-16)13-4-14(21)18-15(5-13)29-11(3)25-18/h4-5,7,10,12,23H,6,8-9H2,1-3H3,(H2,22,28). The second-order valence-electron chi connectivity index (χ2n) is 7.66. The molecular weight excluding hydrogens is 375 g/mol. The summed E-state index contributed by atoms with van der Waals surface area (Å²) >= 11 is 0. The van der Waals surface area contributed by atoms with E-state index in [-0.39, 0.29) is 22.5 Å².